The summed E-state index contributed by atoms with van der Waals surface area (Å²) in [5, 5.41) is 10.8. The lowest BCUT2D eigenvalue weighted by molar-refractivity contribution is -0.200. The Labute approximate surface area is 193 Å². The predicted octanol–water partition coefficient (Wildman–Crippen LogP) is 8.41. The van der Waals surface area contributed by atoms with Gasteiger partial charge in [-0.25, -0.2) is 0 Å². The quantitative estimate of drug-likeness (QED) is 0.445. The highest BCUT2D eigenvalue weighted by molar-refractivity contribution is 5.16. The molecular weight excluding hydrogens is 376 g/mol. The van der Waals surface area contributed by atoms with Crippen molar-refractivity contribution < 1.29 is 5.11 Å². The molecular formula is C30H52O. The van der Waals surface area contributed by atoms with Crippen LogP contribution in [-0.4, -0.2) is 11.2 Å². The maximum Gasteiger partial charge on any atom is 0.0594 e. The van der Waals surface area contributed by atoms with Crippen LogP contribution in [0.15, 0.2) is 11.6 Å². The monoisotopic (exact) mass is 428 g/mol. The second-order valence-electron chi connectivity index (χ2n) is 14.1. The third-order valence-electron chi connectivity index (χ3n) is 12.4. The molecule has 0 unspecified atom stereocenters. The topological polar surface area (TPSA) is 20.2 Å². The summed E-state index contributed by atoms with van der Waals surface area (Å²) in [5.41, 5.74) is 3.02. The molecule has 1 nitrogen and oxygen atoms in total. The third-order valence-corrected chi connectivity index (χ3v) is 12.4. The van der Waals surface area contributed by atoms with Gasteiger partial charge in [0, 0.05) is 0 Å². The molecule has 4 saturated carbocycles. The van der Waals surface area contributed by atoms with Crippen LogP contribution >= 0.6 is 0 Å². The minimum Gasteiger partial charge on any atom is -0.393 e. The summed E-state index contributed by atoms with van der Waals surface area (Å²) in [4.78, 5) is 0. The first-order valence-corrected chi connectivity index (χ1v) is 13.7. The molecule has 1 N–H and O–H groups in total. The molecule has 4 aliphatic rings. The van der Waals surface area contributed by atoms with E-state index in [1.54, 1.807) is 0 Å². The Bertz CT molecular complexity index is 701. The number of allylic oxidation sites excluding steroid dienone is 2. The summed E-state index contributed by atoms with van der Waals surface area (Å²) in [6, 6.07) is 0. The lowest BCUT2D eigenvalue weighted by atomic mass is 9.38. The van der Waals surface area contributed by atoms with E-state index in [1.165, 1.54) is 63.4 Å². The van der Waals surface area contributed by atoms with E-state index in [4.69, 9.17) is 0 Å². The van der Waals surface area contributed by atoms with Gasteiger partial charge in [0.05, 0.1) is 6.10 Å². The average molecular weight is 429 g/mol. The number of fused-ring (bicyclic) bond motifs is 5. The molecule has 31 heavy (non-hydrogen) atoms. The molecule has 9 atom stereocenters. The van der Waals surface area contributed by atoms with Gasteiger partial charge in [-0.2, -0.15) is 0 Å². The lowest BCUT2D eigenvalue weighted by Gasteiger charge is -2.67. The Morgan fingerprint density at radius 2 is 1.55 bits per heavy atom. The van der Waals surface area contributed by atoms with Crippen LogP contribution in [0, 0.1) is 51.2 Å². The molecule has 0 aromatic rings. The number of rotatable bonds is 4. The Morgan fingerprint density at radius 3 is 2.23 bits per heavy atom. The summed E-state index contributed by atoms with van der Waals surface area (Å²) >= 11 is 0. The van der Waals surface area contributed by atoms with Gasteiger partial charge in [0.25, 0.3) is 0 Å². The van der Waals surface area contributed by atoms with Gasteiger partial charge in [0.1, 0.15) is 0 Å². The van der Waals surface area contributed by atoms with Gasteiger partial charge in [-0.15, -0.1) is 0 Å². The zero-order valence-electron chi connectivity index (χ0n) is 22.1. The minimum atomic E-state index is -0.107. The zero-order chi connectivity index (χ0) is 22.8. The van der Waals surface area contributed by atoms with Crippen LogP contribution in [0.5, 0.6) is 0 Å². The minimum absolute atomic E-state index is 0.0806. The van der Waals surface area contributed by atoms with E-state index in [1.807, 2.05) is 0 Å². The van der Waals surface area contributed by atoms with E-state index < -0.39 is 0 Å². The van der Waals surface area contributed by atoms with Gasteiger partial charge in [-0.3, -0.25) is 0 Å². The SMILES string of the molecule is CC(C)=CCC[C@@H](C)[C@H]1CC[C@@]2(C)[C@@H]3CC[C@H]4C(C)(C)[C@@H](O)CC[C@]4(C)[C@H]3CC[C@]12C. The van der Waals surface area contributed by atoms with Crippen LogP contribution in [0.25, 0.3) is 0 Å². The van der Waals surface area contributed by atoms with E-state index >= 15 is 0 Å². The molecule has 0 amide bonds. The second-order valence-corrected chi connectivity index (χ2v) is 14.1. The number of aliphatic hydroxyl groups is 1. The van der Waals surface area contributed by atoms with E-state index in [2.05, 4.69) is 61.5 Å². The van der Waals surface area contributed by atoms with Crippen molar-refractivity contribution in [3.8, 4) is 0 Å². The molecule has 4 aliphatic carbocycles. The molecule has 0 aromatic heterocycles. The predicted molar refractivity (Wildman–Crippen MR) is 133 cm³/mol. The fourth-order valence-corrected chi connectivity index (χ4v) is 10.3. The molecule has 1 heteroatoms. The smallest absolute Gasteiger partial charge is 0.0594 e. The van der Waals surface area contributed by atoms with E-state index in [0.717, 1.165) is 30.1 Å². The van der Waals surface area contributed by atoms with Crippen molar-refractivity contribution in [1.82, 2.24) is 0 Å². The zero-order valence-corrected chi connectivity index (χ0v) is 22.1. The van der Waals surface area contributed by atoms with Crippen LogP contribution in [0.4, 0.5) is 0 Å². The third kappa shape index (κ3) is 3.41. The molecule has 4 fully saturated rings. The Balaban J connectivity index is 1.58. The highest BCUT2D eigenvalue weighted by atomic mass is 16.3. The van der Waals surface area contributed by atoms with Crippen molar-refractivity contribution in [2.45, 2.75) is 126 Å². The van der Waals surface area contributed by atoms with Crippen LogP contribution in [0.3, 0.4) is 0 Å². The normalized spacial score (nSPS) is 49.5. The summed E-state index contributed by atoms with van der Waals surface area (Å²) in [6.07, 6.45) is 15.8. The van der Waals surface area contributed by atoms with Crippen molar-refractivity contribution in [2.75, 3.05) is 0 Å². The summed E-state index contributed by atoms with van der Waals surface area (Å²) in [5.74, 6) is 4.20. The molecule has 0 aromatic carbocycles. The molecule has 0 saturated heterocycles. The fourth-order valence-electron chi connectivity index (χ4n) is 10.3. The largest absolute Gasteiger partial charge is 0.393 e. The van der Waals surface area contributed by atoms with Gasteiger partial charge in [-0.1, -0.05) is 53.2 Å². The molecule has 0 bridgehead atoms. The molecule has 0 radical (unpaired) electrons. The number of hydrogen-bond acceptors (Lipinski definition) is 1. The molecule has 0 spiro atoms. The van der Waals surface area contributed by atoms with Gasteiger partial charge in [0.2, 0.25) is 0 Å². The van der Waals surface area contributed by atoms with Gasteiger partial charge >= 0.3 is 0 Å². The maximum absolute atomic E-state index is 10.8. The van der Waals surface area contributed by atoms with Crippen molar-refractivity contribution in [2.24, 2.45) is 51.2 Å². The van der Waals surface area contributed by atoms with E-state index in [9.17, 15) is 5.11 Å². The maximum atomic E-state index is 10.8. The standard InChI is InChI=1S/C30H52O/c1-20(2)10-9-11-21(3)22-14-18-30(8)24-12-13-25-27(4,5)26(31)16-17-28(25,6)23(24)15-19-29(22,30)7/h10,21-26,31H,9,11-19H2,1-8H3/t21-,22-,23+,24-,25+,26+,28-,29-,30+/m1/s1. The first-order valence-electron chi connectivity index (χ1n) is 13.7. The van der Waals surface area contributed by atoms with E-state index in [0.29, 0.717) is 22.2 Å². The van der Waals surface area contributed by atoms with Crippen LogP contribution in [0.1, 0.15) is 120 Å². The Morgan fingerprint density at radius 1 is 0.871 bits per heavy atom. The van der Waals surface area contributed by atoms with Crippen LogP contribution in [-0.2, 0) is 0 Å². The lowest BCUT2D eigenvalue weighted by Crippen LogP contribution is -2.61. The van der Waals surface area contributed by atoms with Gasteiger partial charge in [0.15, 0.2) is 0 Å². The van der Waals surface area contributed by atoms with Crippen molar-refractivity contribution in [1.29, 1.82) is 0 Å². The molecule has 178 valence electrons. The number of aliphatic hydroxyl groups excluding tert-OH is 1. The molecule has 0 heterocycles. The van der Waals surface area contributed by atoms with E-state index in [-0.39, 0.29) is 11.5 Å². The van der Waals surface area contributed by atoms with Crippen LogP contribution < -0.4 is 0 Å². The summed E-state index contributed by atoms with van der Waals surface area (Å²) < 4.78 is 0. The highest BCUT2D eigenvalue weighted by Gasteiger charge is 2.67. The highest BCUT2D eigenvalue weighted by Crippen LogP contribution is 2.74. The Hall–Kier alpha value is -0.300. The summed E-state index contributed by atoms with van der Waals surface area (Å²) in [7, 11) is 0. The van der Waals surface area contributed by atoms with Crippen molar-refractivity contribution in [3.63, 3.8) is 0 Å². The number of hydrogen-bond donors (Lipinski definition) is 1. The Kier molecular flexibility index (Phi) is 6.07. The second kappa shape index (κ2) is 7.89. The van der Waals surface area contributed by atoms with Gasteiger partial charge < -0.3 is 5.11 Å². The van der Waals surface area contributed by atoms with Gasteiger partial charge in [-0.05, 0) is 129 Å². The fraction of sp³-hybridized carbons (Fsp3) is 0.933. The average Bonchev–Trinajstić information content (AvgIpc) is 2.96. The van der Waals surface area contributed by atoms with Crippen molar-refractivity contribution in [3.05, 3.63) is 11.6 Å². The first-order chi connectivity index (χ1) is 14.4. The summed E-state index contributed by atoms with van der Waals surface area (Å²) in [6.45, 7) is 19.9. The molecule has 4 rings (SSSR count). The van der Waals surface area contributed by atoms with Crippen LogP contribution in [0.2, 0.25) is 0 Å². The first kappa shape index (κ1) is 23.8. The molecule has 0 aliphatic heterocycles. The van der Waals surface area contributed by atoms with Crippen molar-refractivity contribution >= 4 is 0 Å².